The van der Waals surface area contributed by atoms with Crippen LogP contribution in [0.1, 0.15) is 39.0 Å². The first-order valence-electron chi connectivity index (χ1n) is 6.22. The third-order valence-electron chi connectivity index (χ3n) is 3.29. The topological polar surface area (TPSA) is 65.0 Å². The molecule has 0 aromatic rings. The van der Waals surface area contributed by atoms with Crippen LogP contribution in [0.2, 0.25) is 0 Å². The van der Waals surface area contributed by atoms with Gasteiger partial charge in [0.05, 0.1) is 18.8 Å². The number of hydrogen-bond donors (Lipinski definition) is 1. The number of carboxylic acids is 1. The highest BCUT2D eigenvalue weighted by atomic mass is 16.7. The lowest BCUT2D eigenvalue weighted by molar-refractivity contribution is -0.175. The SMILES string of the molecule is CC1(CC2CCCO2)OCC(CCC(=O)O)O1. The van der Waals surface area contributed by atoms with Crippen LogP contribution >= 0.6 is 0 Å². The van der Waals surface area contributed by atoms with E-state index < -0.39 is 11.8 Å². The Morgan fingerprint density at radius 2 is 2.29 bits per heavy atom. The van der Waals surface area contributed by atoms with E-state index in [9.17, 15) is 4.79 Å². The Morgan fingerprint density at radius 1 is 1.47 bits per heavy atom. The summed E-state index contributed by atoms with van der Waals surface area (Å²) in [6.45, 7) is 3.22. The second kappa shape index (κ2) is 5.33. The molecule has 98 valence electrons. The van der Waals surface area contributed by atoms with E-state index in [0.29, 0.717) is 13.0 Å². The lowest BCUT2D eigenvalue weighted by atomic mass is 10.1. The molecule has 0 aromatic carbocycles. The van der Waals surface area contributed by atoms with Crippen LogP contribution < -0.4 is 0 Å². The van der Waals surface area contributed by atoms with Crippen LogP contribution in [0.25, 0.3) is 0 Å². The molecule has 0 amide bonds. The van der Waals surface area contributed by atoms with Crippen LogP contribution in [0.15, 0.2) is 0 Å². The van der Waals surface area contributed by atoms with Gasteiger partial charge in [-0.3, -0.25) is 4.79 Å². The molecule has 0 bridgehead atoms. The molecule has 3 atom stereocenters. The fourth-order valence-electron chi connectivity index (χ4n) is 2.44. The van der Waals surface area contributed by atoms with E-state index in [2.05, 4.69) is 0 Å². The van der Waals surface area contributed by atoms with Gasteiger partial charge < -0.3 is 19.3 Å². The summed E-state index contributed by atoms with van der Waals surface area (Å²) < 4.78 is 17.0. The molecule has 2 aliphatic heterocycles. The van der Waals surface area contributed by atoms with E-state index in [1.54, 1.807) is 0 Å². The van der Waals surface area contributed by atoms with Gasteiger partial charge in [-0.25, -0.2) is 0 Å². The Kier molecular flexibility index (Phi) is 4.01. The summed E-state index contributed by atoms with van der Waals surface area (Å²) >= 11 is 0. The molecular formula is C12H20O5. The molecule has 2 saturated heterocycles. The lowest BCUT2D eigenvalue weighted by Crippen LogP contribution is -2.31. The zero-order valence-electron chi connectivity index (χ0n) is 10.2. The average molecular weight is 244 g/mol. The van der Waals surface area contributed by atoms with Crippen molar-refractivity contribution in [3.8, 4) is 0 Å². The summed E-state index contributed by atoms with van der Waals surface area (Å²) in [6, 6.07) is 0. The van der Waals surface area contributed by atoms with Gasteiger partial charge >= 0.3 is 5.97 Å². The first-order valence-corrected chi connectivity index (χ1v) is 6.22. The van der Waals surface area contributed by atoms with Crippen molar-refractivity contribution < 1.29 is 24.1 Å². The normalized spacial score (nSPS) is 37.5. The highest BCUT2D eigenvalue weighted by molar-refractivity contribution is 5.66. The molecule has 0 radical (unpaired) electrons. The van der Waals surface area contributed by atoms with Crippen LogP contribution in [0.5, 0.6) is 0 Å². The molecule has 0 aromatic heterocycles. The lowest BCUT2D eigenvalue weighted by Gasteiger charge is -2.26. The van der Waals surface area contributed by atoms with Gasteiger partial charge in [-0.15, -0.1) is 0 Å². The van der Waals surface area contributed by atoms with Gasteiger partial charge in [-0.05, 0) is 26.2 Å². The molecule has 2 fully saturated rings. The minimum absolute atomic E-state index is 0.0995. The maximum Gasteiger partial charge on any atom is 0.303 e. The van der Waals surface area contributed by atoms with Gasteiger partial charge in [0.25, 0.3) is 0 Å². The van der Waals surface area contributed by atoms with Crippen molar-refractivity contribution in [3.05, 3.63) is 0 Å². The van der Waals surface area contributed by atoms with Crippen molar-refractivity contribution in [2.75, 3.05) is 13.2 Å². The Morgan fingerprint density at radius 3 is 2.94 bits per heavy atom. The average Bonchev–Trinajstić information content (AvgIpc) is 2.86. The molecule has 1 N–H and O–H groups in total. The standard InChI is InChI=1S/C12H20O5/c1-12(7-9-3-2-6-15-9)16-8-10(17-12)4-5-11(13)14/h9-10H,2-8H2,1H3,(H,13,14). The number of aliphatic carboxylic acids is 1. The summed E-state index contributed by atoms with van der Waals surface area (Å²) in [4.78, 5) is 10.5. The largest absolute Gasteiger partial charge is 0.481 e. The second-order valence-electron chi connectivity index (χ2n) is 4.96. The molecule has 17 heavy (non-hydrogen) atoms. The first-order chi connectivity index (χ1) is 8.07. The molecule has 0 aliphatic carbocycles. The van der Waals surface area contributed by atoms with Crippen LogP contribution in [0.4, 0.5) is 0 Å². The van der Waals surface area contributed by atoms with Crippen molar-refractivity contribution >= 4 is 5.97 Å². The van der Waals surface area contributed by atoms with Crippen molar-refractivity contribution in [2.45, 2.75) is 57.0 Å². The predicted molar refractivity (Wildman–Crippen MR) is 59.7 cm³/mol. The number of hydrogen-bond acceptors (Lipinski definition) is 4. The van der Waals surface area contributed by atoms with E-state index in [0.717, 1.165) is 25.9 Å². The van der Waals surface area contributed by atoms with Crippen molar-refractivity contribution in [1.29, 1.82) is 0 Å². The number of carbonyl (C=O) groups is 1. The Hall–Kier alpha value is -0.650. The van der Waals surface area contributed by atoms with Gasteiger partial charge in [-0.1, -0.05) is 0 Å². The summed E-state index contributed by atoms with van der Waals surface area (Å²) in [5.41, 5.74) is 0. The quantitative estimate of drug-likeness (QED) is 0.795. The highest BCUT2D eigenvalue weighted by Gasteiger charge is 2.39. The Labute approximate surface area is 101 Å². The van der Waals surface area contributed by atoms with Gasteiger partial charge in [0.1, 0.15) is 0 Å². The summed E-state index contributed by atoms with van der Waals surface area (Å²) in [5, 5.41) is 8.62. The third kappa shape index (κ3) is 3.66. The summed E-state index contributed by atoms with van der Waals surface area (Å²) in [5.74, 6) is -1.39. The van der Waals surface area contributed by atoms with Crippen molar-refractivity contribution in [1.82, 2.24) is 0 Å². The molecule has 2 rings (SSSR count). The zero-order valence-corrected chi connectivity index (χ0v) is 10.2. The van der Waals surface area contributed by atoms with Gasteiger partial charge in [-0.2, -0.15) is 0 Å². The highest BCUT2D eigenvalue weighted by Crippen LogP contribution is 2.32. The molecule has 2 aliphatic rings. The fraction of sp³-hybridized carbons (Fsp3) is 0.917. The summed E-state index contributed by atoms with van der Waals surface area (Å²) in [7, 11) is 0. The number of rotatable bonds is 5. The van der Waals surface area contributed by atoms with E-state index >= 15 is 0 Å². The fourth-order valence-corrected chi connectivity index (χ4v) is 2.44. The Balaban J connectivity index is 1.76. The zero-order chi connectivity index (χ0) is 12.3. The molecular weight excluding hydrogens is 224 g/mol. The maximum absolute atomic E-state index is 10.5. The predicted octanol–water partition coefficient (Wildman–Crippen LogP) is 1.55. The van der Waals surface area contributed by atoms with Crippen LogP contribution in [0, 0.1) is 0 Å². The second-order valence-corrected chi connectivity index (χ2v) is 4.96. The van der Waals surface area contributed by atoms with Crippen LogP contribution in [-0.4, -0.2) is 42.3 Å². The van der Waals surface area contributed by atoms with E-state index in [1.165, 1.54) is 0 Å². The van der Waals surface area contributed by atoms with Gasteiger partial charge in [0, 0.05) is 19.4 Å². The molecule has 3 unspecified atom stereocenters. The van der Waals surface area contributed by atoms with Gasteiger partial charge in [0.2, 0.25) is 0 Å². The number of carboxylic acid groups (broad SMARTS) is 1. The third-order valence-corrected chi connectivity index (χ3v) is 3.29. The molecule has 2 heterocycles. The first kappa shape index (κ1) is 12.8. The van der Waals surface area contributed by atoms with E-state index in [1.807, 2.05) is 6.92 Å². The number of ether oxygens (including phenoxy) is 3. The van der Waals surface area contributed by atoms with Crippen molar-refractivity contribution in [2.24, 2.45) is 0 Å². The maximum atomic E-state index is 10.5. The monoisotopic (exact) mass is 244 g/mol. The Bertz CT molecular complexity index is 274. The molecule has 5 nitrogen and oxygen atoms in total. The molecule has 0 saturated carbocycles. The smallest absolute Gasteiger partial charge is 0.303 e. The minimum Gasteiger partial charge on any atom is -0.481 e. The summed E-state index contributed by atoms with van der Waals surface area (Å²) in [6.07, 6.45) is 3.65. The van der Waals surface area contributed by atoms with Crippen LogP contribution in [-0.2, 0) is 19.0 Å². The van der Waals surface area contributed by atoms with E-state index in [4.69, 9.17) is 19.3 Å². The molecule has 5 heteroatoms. The van der Waals surface area contributed by atoms with Crippen molar-refractivity contribution in [3.63, 3.8) is 0 Å². The molecule has 0 spiro atoms. The van der Waals surface area contributed by atoms with E-state index in [-0.39, 0.29) is 18.6 Å². The minimum atomic E-state index is -0.790. The van der Waals surface area contributed by atoms with Crippen LogP contribution in [0.3, 0.4) is 0 Å². The van der Waals surface area contributed by atoms with Gasteiger partial charge in [0.15, 0.2) is 5.79 Å².